The van der Waals surface area contributed by atoms with Gasteiger partial charge in [0, 0.05) is 14.5 Å². The summed E-state index contributed by atoms with van der Waals surface area (Å²) < 4.78 is 0. The second-order valence-electron chi connectivity index (χ2n) is 10.6. The van der Waals surface area contributed by atoms with Crippen LogP contribution in [0.1, 0.15) is 87.4 Å². The quantitative estimate of drug-likeness (QED) is 0.195. The fraction of sp³-hybridized carbons (Fsp3) is 0.567. The van der Waals surface area contributed by atoms with Crippen molar-refractivity contribution in [3.8, 4) is 0 Å². The molecule has 0 aliphatic heterocycles. The molecule has 0 aliphatic rings. The molecule has 0 saturated carbocycles. The molecule has 0 aliphatic carbocycles. The van der Waals surface area contributed by atoms with Crippen LogP contribution in [-0.2, 0) is 11.2 Å². The maximum absolute atomic E-state index is 12.9. The smallest absolute Gasteiger partial charge is 0.220 e. The molecule has 2 aromatic rings. The van der Waals surface area contributed by atoms with Crippen molar-refractivity contribution in [3.05, 3.63) is 71.3 Å². The molecular weight excluding hydrogens is 418 g/mol. The van der Waals surface area contributed by atoms with Gasteiger partial charge in [0.2, 0.25) is 5.91 Å². The molecule has 0 spiro atoms. The van der Waals surface area contributed by atoms with Crippen LogP contribution in [0, 0.1) is 6.92 Å². The summed E-state index contributed by atoms with van der Waals surface area (Å²) in [5, 5.41) is 3.35. The molecule has 0 saturated heterocycles. The van der Waals surface area contributed by atoms with Gasteiger partial charge in [0.05, 0.1) is 6.04 Å². The van der Waals surface area contributed by atoms with Gasteiger partial charge in [-0.2, -0.15) is 0 Å². The monoisotopic (exact) mass is 465 g/mol. The first-order chi connectivity index (χ1) is 15.9. The van der Waals surface area contributed by atoms with Crippen molar-refractivity contribution in [2.45, 2.75) is 109 Å². The number of carbonyl (C=O) groups excluding carboxylic acids is 1. The lowest BCUT2D eigenvalue weighted by Crippen LogP contribution is -2.33. The molecule has 0 radical (unpaired) electrons. The minimum Gasteiger partial charge on any atom is -0.349 e. The zero-order valence-electron chi connectivity index (χ0n) is 21.7. The fourth-order valence-electron chi connectivity index (χ4n) is 4.48. The van der Waals surface area contributed by atoms with Crippen LogP contribution in [-0.4, -0.2) is 14.0 Å². The third-order valence-electron chi connectivity index (χ3n) is 6.83. The molecule has 0 unspecified atom stereocenters. The Bertz CT molecular complexity index is 785. The summed E-state index contributed by atoms with van der Waals surface area (Å²) in [5.74, 6) is 0.201. The van der Waals surface area contributed by atoms with Crippen molar-refractivity contribution >= 4 is 14.0 Å². The maximum Gasteiger partial charge on any atom is 0.220 e. The van der Waals surface area contributed by atoms with Gasteiger partial charge in [-0.1, -0.05) is 138 Å². The molecule has 3 heteroatoms. The Morgan fingerprint density at radius 2 is 1.42 bits per heavy atom. The van der Waals surface area contributed by atoms with E-state index in [0.717, 1.165) is 12.5 Å². The molecule has 0 bridgehead atoms. The average molecular weight is 466 g/mol. The predicted octanol–water partition coefficient (Wildman–Crippen LogP) is 8.63. The number of rotatable bonds is 16. The van der Waals surface area contributed by atoms with Crippen LogP contribution in [0.4, 0.5) is 0 Å². The van der Waals surface area contributed by atoms with Crippen molar-refractivity contribution < 1.29 is 4.79 Å². The summed E-state index contributed by atoms with van der Waals surface area (Å²) in [6.07, 6.45) is 12.5. The van der Waals surface area contributed by atoms with Gasteiger partial charge >= 0.3 is 0 Å². The zero-order chi connectivity index (χ0) is 23.9. The third kappa shape index (κ3) is 11.7. The Kier molecular flexibility index (Phi) is 12.5. The van der Waals surface area contributed by atoms with Gasteiger partial charge in [0.25, 0.3) is 0 Å². The third-order valence-corrected chi connectivity index (χ3v) is 10.1. The van der Waals surface area contributed by atoms with Gasteiger partial charge in [-0.15, -0.1) is 0 Å². The van der Waals surface area contributed by atoms with E-state index < -0.39 is 8.07 Å². The number of unbranched alkanes of at least 4 members (excludes halogenated alkanes) is 7. The lowest BCUT2D eigenvalue weighted by atomic mass is 9.98. The minimum absolute atomic E-state index is 0.0268. The first-order valence-corrected chi connectivity index (χ1v) is 16.7. The van der Waals surface area contributed by atoms with Crippen molar-refractivity contribution in [2.24, 2.45) is 0 Å². The average Bonchev–Trinajstić information content (AvgIpc) is 2.81. The van der Waals surface area contributed by atoms with Gasteiger partial charge < -0.3 is 5.32 Å². The summed E-state index contributed by atoms with van der Waals surface area (Å²) in [6, 6.07) is 21.5. The first kappa shape index (κ1) is 27.4. The number of benzene rings is 2. The van der Waals surface area contributed by atoms with Crippen LogP contribution in [0.5, 0.6) is 0 Å². The Labute approximate surface area is 204 Å². The Hall–Kier alpha value is -1.87. The lowest BCUT2D eigenvalue weighted by Gasteiger charge is -2.24. The molecule has 1 amide bonds. The van der Waals surface area contributed by atoms with E-state index in [0.29, 0.717) is 6.42 Å². The molecule has 1 atom stereocenters. The maximum atomic E-state index is 12.9. The topological polar surface area (TPSA) is 29.1 Å². The van der Waals surface area contributed by atoms with Crippen molar-refractivity contribution in [2.75, 3.05) is 0 Å². The normalized spacial score (nSPS) is 12.5. The van der Waals surface area contributed by atoms with Crippen LogP contribution in [0.3, 0.4) is 0 Å². The second-order valence-corrected chi connectivity index (χ2v) is 15.9. The van der Waals surface area contributed by atoms with Crippen LogP contribution in [0.15, 0.2) is 54.6 Å². The number of aryl methyl sites for hydroxylation is 1. The first-order valence-electron chi connectivity index (χ1n) is 13.3. The standard InChI is InChI=1S/C30H47NOSi/c1-5-6-7-8-9-10-11-15-23-33(3,4)24-22-30(32)31-29(28-16-13-12-14-17-28)25-27-20-18-26(2)19-21-27/h12-14,16-21,29H,5-11,15,22-25H2,1-4H3,(H,31,32)/t29-/m1/s1. The molecule has 33 heavy (non-hydrogen) atoms. The highest BCUT2D eigenvalue weighted by Crippen LogP contribution is 2.23. The van der Waals surface area contributed by atoms with E-state index in [1.54, 1.807) is 0 Å². The van der Waals surface area contributed by atoms with Gasteiger partial charge in [-0.05, 0) is 30.5 Å². The van der Waals surface area contributed by atoms with Crippen molar-refractivity contribution in [1.29, 1.82) is 0 Å². The number of hydrogen-bond acceptors (Lipinski definition) is 1. The summed E-state index contributed by atoms with van der Waals surface area (Å²) in [6.45, 7) is 9.31. The lowest BCUT2D eigenvalue weighted by molar-refractivity contribution is -0.121. The van der Waals surface area contributed by atoms with Crippen LogP contribution in [0.25, 0.3) is 0 Å². The van der Waals surface area contributed by atoms with E-state index in [1.807, 2.05) is 6.07 Å². The van der Waals surface area contributed by atoms with Crippen LogP contribution < -0.4 is 5.32 Å². The molecule has 1 N–H and O–H groups in total. The largest absolute Gasteiger partial charge is 0.349 e. The van der Waals surface area contributed by atoms with E-state index in [2.05, 4.69) is 80.8 Å². The van der Waals surface area contributed by atoms with Gasteiger partial charge in [-0.3, -0.25) is 4.79 Å². The number of hydrogen-bond donors (Lipinski definition) is 1. The molecule has 2 nitrogen and oxygen atoms in total. The van der Waals surface area contributed by atoms with Crippen LogP contribution >= 0.6 is 0 Å². The molecule has 2 aromatic carbocycles. The van der Waals surface area contributed by atoms with E-state index >= 15 is 0 Å². The molecule has 0 heterocycles. The highest BCUT2D eigenvalue weighted by Gasteiger charge is 2.22. The van der Waals surface area contributed by atoms with Gasteiger partial charge in [-0.25, -0.2) is 0 Å². The molecule has 2 rings (SSSR count). The van der Waals surface area contributed by atoms with Crippen molar-refractivity contribution in [1.82, 2.24) is 5.32 Å². The summed E-state index contributed by atoms with van der Waals surface area (Å²) in [7, 11) is -1.32. The minimum atomic E-state index is -1.32. The zero-order valence-corrected chi connectivity index (χ0v) is 22.7. The van der Waals surface area contributed by atoms with Gasteiger partial charge in [0.1, 0.15) is 0 Å². The SMILES string of the molecule is CCCCCCCCCC[Si](C)(C)CCC(=O)N[C@H](Cc1ccc(C)cc1)c1ccccc1. The molecule has 0 fully saturated rings. The fourth-order valence-corrected chi connectivity index (χ4v) is 6.84. The molecule has 182 valence electrons. The Balaban J connectivity index is 1.78. The highest BCUT2D eigenvalue weighted by atomic mass is 28.3. The Morgan fingerprint density at radius 1 is 0.818 bits per heavy atom. The summed E-state index contributed by atoms with van der Waals surface area (Å²) in [5.41, 5.74) is 3.71. The highest BCUT2D eigenvalue weighted by molar-refractivity contribution is 6.77. The second kappa shape index (κ2) is 15.1. The van der Waals surface area contributed by atoms with Crippen molar-refractivity contribution in [3.63, 3.8) is 0 Å². The number of amides is 1. The molecule has 0 aromatic heterocycles. The van der Waals surface area contributed by atoms with E-state index in [1.165, 1.54) is 74.1 Å². The van der Waals surface area contributed by atoms with Crippen LogP contribution in [0.2, 0.25) is 25.2 Å². The summed E-state index contributed by atoms with van der Waals surface area (Å²) >= 11 is 0. The number of nitrogens with one attached hydrogen (secondary N) is 1. The molecular formula is C30H47NOSi. The van der Waals surface area contributed by atoms with E-state index in [4.69, 9.17) is 0 Å². The van der Waals surface area contributed by atoms with Gasteiger partial charge in [0.15, 0.2) is 0 Å². The summed E-state index contributed by atoms with van der Waals surface area (Å²) in [4.78, 5) is 12.9. The number of carbonyl (C=O) groups is 1. The van der Waals surface area contributed by atoms with E-state index in [-0.39, 0.29) is 11.9 Å². The van der Waals surface area contributed by atoms with E-state index in [9.17, 15) is 4.79 Å². The Morgan fingerprint density at radius 3 is 2.06 bits per heavy atom. The predicted molar refractivity (Wildman–Crippen MR) is 147 cm³/mol.